The fraction of sp³-hybridized carbons (Fsp3) is 0.717. The molecule has 400 valence electrons. The number of carbonyl (C=O) groups is 2. The molecule has 0 spiro atoms. The van der Waals surface area contributed by atoms with E-state index in [0.29, 0.717) is 30.9 Å². The number of hydrogen-bond donors (Lipinski definition) is 5. The van der Waals surface area contributed by atoms with Crippen LogP contribution in [-0.2, 0) is 49.3 Å². The molecule has 0 radical (unpaired) electrons. The third-order valence-corrected chi connectivity index (χ3v) is 14.5. The van der Waals surface area contributed by atoms with Gasteiger partial charge in [0.1, 0.15) is 30.2 Å². The Morgan fingerprint density at radius 2 is 1.54 bits per heavy atom. The average Bonchev–Trinajstić information content (AvgIpc) is 3.33. The molecule has 71 heavy (non-hydrogen) atoms. The number of benzene rings is 2. The molecule has 0 saturated carbocycles. The minimum absolute atomic E-state index is 0.0493. The van der Waals surface area contributed by atoms with Gasteiger partial charge in [0.05, 0.1) is 66.0 Å². The quantitative estimate of drug-likeness (QED) is 0.0767. The van der Waals surface area contributed by atoms with Gasteiger partial charge < -0.3 is 73.4 Å². The zero-order valence-electron chi connectivity index (χ0n) is 43.9. The first-order valence-electron chi connectivity index (χ1n) is 25.2. The van der Waals surface area contributed by atoms with E-state index < -0.39 is 102 Å². The van der Waals surface area contributed by atoms with Crippen LogP contribution in [0.5, 0.6) is 5.75 Å². The van der Waals surface area contributed by atoms with Crippen LogP contribution in [0.25, 0.3) is 0 Å². The molecule has 2 aromatic rings. The van der Waals surface area contributed by atoms with Crippen molar-refractivity contribution in [2.75, 3.05) is 34.4 Å². The van der Waals surface area contributed by atoms with E-state index in [2.05, 4.69) is 10.5 Å². The van der Waals surface area contributed by atoms with Gasteiger partial charge in [-0.15, -0.1) is 0 Å². The lowest BCUT2D eigenvalue weighted by molar-refractivity contribution is -0.307. The molecule has 18 heteroatoms. The van der Waals surface area contributed by atoms with Crippen LogP contribution in [0.4, 0.5) is 4.79 Å². The Balaban J connectivity index is 1.56. The van der Waals surface area contributed by atoms with Gasteiger partial charge in [0.25, 0.3) is 0 Å². The van der Waals surface area contributed by atoms with E-state index in [1.165, 1.54) is 14.0 Å². The molecule has 1 amide bonds. The highest BCUT2D eigenvalue weighted by Crippen LogP contribution is 2.39. The fourth-order valence-electron chi connectivity index (χ4n) is 10.00. The summed E-state index contributed by atoms with van der Waals surface area (Å²) in [6.45, 7) is 16.0. The molecular weight excluding hydrogens is 919 g/mol. The third-order valence-electron chi connectivity index (χ3n) is 14.5. The number of alkyl carbamates (subject to hydrolysis) is 1. The molecule has 0 unspecified atom stereocenters. The van der Waals surface area contributed by atoms with Crippen molar-refractivity contribution in [1.29, 1.82) is 0 Å². The number of ether oxygens (including phenoxy) is 8. The topological polar surface area (TPSA) is 226 Å². The van der Waals surface area contributed by atoms with E-state index in [0.717, 1.165) is 5.56 Å². The summed E-state index contributed by atoms with van der Waals surface area (Å²) in [7, 11) is 5.24. The molecule has 2 aromatic carbocycles. The lowest BCUT2D eigenvalue weighted by atomic mass is 9.75. The maximum absolute atomic E-state index is 14.5. The number of aliphatic hydroxyl groups is 4. The van der Waals surface area contributed by atoms with Gasteiger partial charge in [-0.2, -0.15) is 0 Å². The van der Waals surface area contributed by atoms with Gasteiger partial charge in [0.2, 0.25) is 0 Å². The Hall–Kier alpha value is -3.95. The first kappa shape index (κ1) is 57.9. The molecule has 3 heterocycles. The number of likely N-dealkylation sites (N-methyl/N-ethyl adjacent to an activating group) is 1. The summed E-state index contributed by atoms with van der Waals surface area (Å²) in [4.78, 5) is 36.0. The monoisotopic (exact) mass is 1000 g/mol. The van der Waals surface area contributed by atoms with Crippen molar-refractivity contribution in [3.8, 4) is 5.75 Å². The predicted octanol–water partition coefficient (Wildman–Crippen LogP) is 5.75. The zero-order chi connectivity index (χ0) is 52.3. The minimum atomic E-state index is -1.99. The van der Waals surface area contributed by atoms with Crippen LogP contribution in [0.2, 0.25) is 0 Å². The lowest BCUT2D eigenvalue weighted by Crippen LogP contribution is -2.60. The third kappa shape index (κ3) is 15.3. The van der Waals surface area contributed by atoms with Gasteiger partial charge in [-0.25, -0.2) is 4.79 Å². The summed E-state index contributed by atoms with van der Waals surface area (Å²) in [6, 6.07) is 18.4. The van der Waals surface area contributed by atoms with Crippen LogP contribution in [-0.4, -0.2) is 162 Å². The normalized spacial score (nSPS) is 38.2. The van der Waals surface area contributed by atoms with E-state index in [1.807, 2.05) is 93.5 Å². The smallest absolute Gasteiger partial charge is 0.407 e. The van der Waals surface area contributed by atoms with Crippen molar-refractivity contribution in [2.24, 2.45) is 22.9 Å². The van der Waals surface area contributed by atoms with Crippen LogP contribution in [0.1, 0.15) is 106 Å². The number of rotatable bonds is 16. The molecule has 0 aromatic heterocycles. The largest absolute Gasteiger partial charge is 0.493 e. The second kappa shape index (κ2) is 25.8. The summed E-state index contributed by atoms with van der Waals surface area (Å²) in [6.07, 6.45) is -10.2. The highest BCUT2D eigenvalue weighted by Gasteiger charge is 2.52. The average molecular weight is 1000 g/mol. The Morgan fingerprint density at radius 1 is 0.873 bits per heavy atom. The zero-order valence-corrected chi connectivity index (χ0v) is 43.9. The van der Waals surface area contributed by atoms with Crippen LogP contribution >= 0.6 is 0 Å². The number of nitrogens with zero attached hydrogens (tertiary/aromatic N) is 2. The predicted molar refractivity (Wildman–Crippen MR) is 264 cm³/mol. The molecular formula is C53H83N3O15. The number of para-hydroxylation sites is 1. The number of carbonyl (C=O) groups excluding carboxylic acids is 2. The highest BCUT2D eigenvalue weighted by molar-refractivity contribution is 5.88. The van der Waals surface area contributed by atoms with Crippen molar-refractivity contribution in [3.05, 3.63) is 66.2 Å². The lowest BCUT2D eigenvalue weighted by Gasteiger charge is -2.47. The number of oxime groups is 1. The van der Waals surface area contributed by atoms with Gasteiger partial charge in [-0.3, -0.25) is 4.79 Å². The summed E-state index contributed by atoms with van der Waals surface area (Å²) in [5.41, 5.74) is -3.69. The summed E-state index contributed by atoms with van der Waals surface area (Å²) in [5, 5.41) is 55.8. The second-order valence-corrected chi connectivity index (χ2v) is 20.7. The van der Waals surface area contributed by atoms with E-state index >= 15 is 0 Å². The molecule has 3 saturated heterocycles. The van der Waals surface area contributed by atoms with Gasteiger partial charge in [0.15, 0.2) is 18.7 Å². The van der Waals surface area contributed by atoms with E-state index in [1.54, 1.807) is 41.5 Å². The van der Waals surface area contributed by atoms with Crippen molar-refractivity contribution in [1.82, 2.24) is 10.2 Å². The van der Waals surface area contributed by atoms with E-state index in [-0.39, 0.29) is 51.0 Å². The summed E-state index contributed by atoms with van der Waals surface area (Å²) < 4.78 is 50.4. The van der Waals surface area contributed by atoms with E-state index in [9.17, 15) is 30.0 Å². The van der Waals surface area contributed by atoms with Crippen molar-refractivity contribution >= 4 is 17.8 Å². The number of amides is 1. The molecule has 5 rings (SSSR count). The highest BCUT2D eigenvalue weighted by atomic mass is 16.7. The molecule has 3 fully saturated rings. The molecule has 5 N–H and O–H groups in total. The second-order valence-electron chi connectivity index (χ2n) is 20.7. The van der Waals surface area contributed by atoms with Crippen LogP contribution < -0.4 is 10.1 Å². The SMILES string of the molecule is CC[C@H]1OC(=O)[C@H](C)[C@@H](O[C@H]2C[C@@](C)(OC)[C@@H](O)[C@H](C)O2)C[C@@H](O[C@@H]2O[C@H](C)C[C@H](N(C)C)[C@H]2OC(=O)NCc2ccccc2)[C@](C)(O)C[C@@H](C)C(=NOCCCOc2ccccc2)[C@H](C)[C@@H](O)[C@]1(C)O. The molecule has 18 nitrogen and oxygen atoms in total. The summed E-state index contributed by atoms with van der Waals surface area (Å²) >= 11 is 0. The molecule has 0 bridgehead atoms. The number of esters is 1. The van der Waals surface area contributed by atoms with E-state index in [4.69, 9.17) is 42.7 Å². The van der Waals surface area contributed by atoms with Crippen LogP contribution in [0.15, 0.2) is 65.8 Å². The molecule has 3 aliphatic rings. The Bertz CT molecular complexity index is 1980. The number of hydrogen-bond acceptors (Lipinski definition) is 17. The van der Waals surface area contributed by atoms with Gasteiger partial charge in [-0.1, -0.05) is 74.5 Å². The summed E-state index contributed by atoms with van der Waals surface area (Å²) in [5.74, 6) is -2.66. The number of methoxy groups -OCH3 is 1. The molecule has 17 atom stereocenters. The van der Waals surface area contributed by atoms with Gasteiger partial charge in [-0.05, 0) is 92.6 Å². The fourth-order valence-corrected chi connectivity index (χ4v) is 10.00. The number of cyclic esters (lactones) is 1. The molecule has 3 aliphatic heterocycles. The van der Waals surface area contributed by atoms with Gasteiger partial charge in [0, 0.05) is 44.8 Å². The Kier molecular flexibility index (Phi) is 21.1. The van der Waals surface area contributed by atoms with Crippen LogP contribution in [0, 0.1) is 17.8 Å². The van der Waals surface area contributed by atoms with Crippen molar-refractivity contribution < 1.29 is 72.7 Å². The maximum atomic E-state index is 14.5. The number of aliphatic hydroxyl groups excluding tert-OH is 2. The first-order valence-corrected chi connectivity index (χ1v) is 25.2. The maximum Gasteiger partial charge on any atom is 0.407 e. The van der Waals surface area contributed by atoms with Crippen molar-refractivity contribution in [2.45, 2.75) is 192 Å². The number of nitrogens with one attached hydrogen (secondary N) is 1. The standard InChI is InChI=1S/C53H83N3O15/c1-13-41-53(9,62)46(57)35(5)44(55-65-26-20-25-64-38-23-18-15-19-24-38)32(2)29-51(7,61)42(28-40(34(4)48(59)69-41)68-43-30-52(8,63-12)47(58)36(6)67-43)70-49-45(39(56(10)11)27-33(3)66-49)71-50(60)54-31-37-21-16-14-17-22-37/h14-19,21-24,32-36,39-43,45-47,49,57-58,61-62H,13,20,25-31H2,1-12H3,(H,54,60)/t32-,33-,34-,35+,36+,39+,40+,41-,42-,43+,45-,46-,47+,49+,51-,52-,53-/m1/s1. The minimum Gasteiger partial charge on any atom is -0.493 e. The Labute approximate surface area is 420 Å². The van der Waals surface area contributed by atoms with Crippen LogP contribution in [0.3, 0.4) is 0 Å². The molecule has 0 aliphatic carbocycles. The van der Waals surface area contributed by atoms with Gasteiger partial charge >= 0.3 is 12.1 Å². The van der Waals surface area contributed by atoms with Crippen molar-refractivity contribution in [3.63, 3.8) is 0 Å². The Morgan fingerprint density at radius 3 is 2.17 bits per heavy atom. The first-order chi connectivity index (χ1) is 33.5.